The van der Waals surface area contributed by atoms with Crippen LogP contribution >= 0.6 is 0 Å². The second-order valence-corrected chi connectivity index (χ2v) is 14.8. The molecule has 0 saturated carbocycles. The summed E-state index contributed by atoms with van der Waals surface area (Å²) in [6, 6.07) is -0.722. The molecule has 0 bridgehead atoms. The first-order valence-corrected chi connectivity index (χ1v) is 22.1. The molecule has 0 aliphatic heterocycles. The first-order chi connectivity index (χ1) is 26.0. The van der Waals surface area contributed by atoms with Crippen LogP contribution in [0.2, 0.25) is 0 Å². The van der Waals surface area contributed by atoms with Gasteiger partial charge in [0.15, 0.2) is 0 Å². The summed E-state index contributed by atoms with van der Waals surface area (Å²) in [6.45, 7) is 6.28. The second-order valence-electron chi connectivity index (χ2n) is 14.8. The molecule has 0 rings (SSSR count). The van der Waals surface area contributed by atoms with Crippen molar-refractivity contribution in [2.45, 2.75) is 219 Å². The van der Waals surface area contributed by atoms with Gasteiger partial charge in [0.05, 0.1) is 25.2 Å². The molecule has 0 aliphatic rings. The number of allylic oxidation sites excluding steroid dienone is 10. The summed E-state index contributed by atoms with van der Waals surface area (Å²) in [5.74, 6) is -0.551. The topological polar surface area (TPSA) is 95.9 Å². The fraction of sp³-hybridized carbons (Fsp3) is 0.745. The predicted octanol–water partition coefficient (Wildman–Crippen LogP) is 12.5. The van der Waals surface area contributed by atoms with Gasteiger partial charge in [-0.1, -0.05) is 210 Å². The highest BCUT2D eigenvalue weighted by molar-refractivity contribution is 5.77. The Morgan fingerprint density at radius 1 is 0.566 bits per heavy atom. The molecule has 0 aliphatic carbocycles. The largest absolute Gasteiger partial charge is 0.462 e. The van der Waals surface area contributed by atoms with Crippen molar-refractivity contribution < 1.29 is 24.5 Å². The molecule has 3 N–H and O–H groups in total. The number of ether oxygens (including phenoxy) is 1. The number of carbonyl (C=O) groups is 2. The first-order valence-electron chi connectivity index (χ1n) is 22.1. The number of hydrogen-bond acceptors (Lipinski definition) is 5. The summed E-state index contributed by atoms with van der Waals surface area (Å²) >= 11 is 0. The van der Waals surface area contributed by atoms with Crippen molar-refractivity contribution in [3.63, 3.8) is 0 Å². The van der Waals surface area contributed by atoms with Gasteiger partial charge >= 0.3 is 5.97 Å². The zero-order valence-corrected chi connectivity index (χ0v) is 34.6. The molecule has 3 atom stereocenters. The average molecular weight is 742 g/mol. The van der Waals surface area contributed by atoms with E-state index < -0.39 is 18.2 Å². The molecule has 306 valence electrons. The zero-order valence-electron chi connectivity index (χ0n) is 34.6. The number of hydrogen-bond donors (Lipinski definition) is 3. The lowest BCUT2D eigenvalue weighted by Crippen LogP contribution is -2.46. The molecule has 0 heterocycles. The molecule has 0 aromatic rings. The van der Waals surface area contributed by atoms with Gasteiger partial charge in [-0.05, 0) is 38.5 Å². The van der Waals surface area contributed by atoms with Crippen LogP contribution in [0.15, 0.2) is 60.8 Å². The molecule has 0 spiro atoms. The standard InChI is InChI=1S/C47H83NO5/c1-4-7-10-13-16-19-22-23-25-26-29-32-35-38-43(53-47(52)40-37-34-31-28-21-18-15-12-9-6-3)41-46(51)48-44(42-49)45(50)39-36-33-30-27-24-20-17-14-11-8-5-2/h7,10,13,16,19,22-23,25-26,29,43-45,49-50H,4-6,8-9,11-12,14-15,17-18,20-21,24,27-28,30-42H2,1-3H3,(H,48,51)/b10-7+,16-13+,22-19-,25-23-,29-26+. The number of aliphatic hydroxyl groups is 2. The highest BCUT2D eigenvalue weighted by Gasteiger charge is 2.24. The van der Waals surface area contributed by atoms with E-state index in [9.17, 15) is 19.8 Å². The Labute approximate surface area is 327 Å². The molecular formula is C47H83NO5. The van der Waals surface area contributed by atoms with Gasteiger partial charge < -0.3 is 20.3 Å². The highest BCUT2D eigenvalue weighted by Crippen LogP contribution is 2.16. The Morgan fingerprint density at radius 3 is 1.51 bits per heavy atom. The second kappa shape index (κ2) is 40.7. The third-order valence-electron chi connectivity index (χ3n) is 9.74. The minimum atomic E-state index is -0.804. The molecule has 0 fully saturated rings. The number of amides is 1. The number of aliphatic hydroxyl groups excluding tert-OH is 2. The number of carbonyl (C=O) groups excluding carboxylic acids is 2. The van der Waals surface area contributed by atoms with Gasteiger partial charge in [0.1, 0.15) is 6.10 Å². The van der Waals surface area contributed by atoms with Crippen molar-refractivity contribution in [1.82, 2.24) is 5.32 Å². The van der Waals surface area contributed by atoms with Crippen molar-refractivity contribution in [1.29, 1.82) is 0 Å². The van der Waals surface area contributed by atoms with Crippen LogP contribution < -0.4 is 5.32 Å². The van der Waals surface area contributed by atoms with Gasteiger partial charge in [0, 0.05) is 6.42 Å². The first kappa shape index (κ1) is 50.6. The van der Waals surface area contributed by atoms with Gasteiger partial charge in [-0.25, -0.2) is 0 Å². The zero-order chi connectivity index (χ0) is 38.9. The normalized spacial score (nSPS) is 14.0. The van der Waals surface area contributed by atoms with Gasteiger partial charge in [0.2, 0.25) is 5.91 Å². The minimum Gasteiger partial charge on any atom is -0.462 e. The minimum absolute atomic E-state index is 0.0286. The quantitative estimate of drug-likeness (QED) is 0.0333. The lowest BCUT2D eigenvalue weighted by molar-refractivity contribution is -0.151. The molecule has 0 saturated heterocycles. The lowest BCUT2D eigenvalue weighted by Gasteiger charge is -2.24. The molecule has 3 unspecified atom stereocenters. The summed E-state index contributed by atoms with van der Waals surface area (Å²) in [4.78, 5) is 25.9. The van der Waals surface area contributed by atoms with E-state index in [-0.39, 0.29) is 24.9 Å². The fourth-order valence-corrected chi connectivity index (χ4v) is 6.40. The smallest absolute Gasteiger partial charge is 0.306 e. The summed E-state index contributed by atoms with van der Waals surface area (Å²) in [7, 11) is 0. The Balaban J connectivity index is 4.74. The summed E-state index contributed by atoms with van der Waals surface area (Å²) in [6.07, 6.45) is 48.5. The van der Waals surface area contributed by atoms with Crippen LogP contribution in [0.25, 0.3) is 0 Å². The molecule has 0 radical (unpaired) electrons. The van der Waals surface area contributed by atoms with Gasteiger partial charge in [0.25, 0.3) is 0 Å². The average Bonchev–Trinajstić information content (AvgIpc) is 3.15. The number of rotatable bonds is 38. The maximum Gasteiger partial charge on any atom is 0.306 e. The third-order valence-corrected chi connectivity index (χ3v) is 9.74. The van der Waals surface area contributed by atoms with E-state index in [4.69, 9.17) is 4.74 Å². The van der Waals surface area contributed by atoms with Crippen LogP contribution in [0.4, 0.5) is 0 Å². The van der Waals surface area contributed by atoms with E-state index >= 15 is 0 Å². The molecule has 6 nitrogen and oxygen atoms in total. The van der Waals surface area contributed by atoms with Crippen molar-refractivity contribution in [2.75, 3.05) is 6.61 Å². The Morgan fingerprint density at radius 2 is 1.02 bits per heavy atom. The van der Waals surface area contributed by atoms with Crippen molar-refractivity contribution in [2.24, 2.45) is 0 Å². The highest BCUT2D eigenvalue weighted by atomic mass is 16.5. The molecule has 53 heavy (non-hydrogen) atoms. The predicted molar refractivity (Wildman–Crippen MR) is 227 cm³/mol. The van der Waals surface area contributed by atoms with Crippen molar-refractivity contribution >= 4 is 11.9 Å². The SMILES string of the molecule is CC/C=C/C=C/C=C\C=C/C=C/CCCC(CC(=O)NC(CO)C(O)CCCCCCCCCCCCC)OC(=O)CCCCCCCCCCCC. The Hall–Kier alpha value is -2.44. The van der Waals surface area contributed by atoms with E-state index in [1.54, 1.807) is 0 Å². The van der Waals surface area contributed by atoms with Crippen LogP contribution in [0.3, 0.4) is 0 Å². The van der Waals surface area contributed by atoms with E-state index in [1.807, 2.05) is 48.6 Å². The molecule has 0 aromatic carbocycles. The summed E-state index contributed by atoms with van der Waals surface area (Å²) in [5, 5.41) is 23.6. The maximum atomic E-state index is 13.1. The van der Waals surface area contributed by atoms with Crippen LogP contribution in [0.1, 0.15) is 201 Å². The lowest BCUT2D eigenvalue weighted by atomic mass is 10.0. The van der Waals surface area contributed by atoms with Crippen molar-refractivity contribution in [3.05, 3.63) is 60.8 Å². The molecule has 1 amide bonds. The summed E-state index contributed by atoms with van der Waals surface area (Å²) in [5.41, 5.74) is 0. The van der Waals surface area contributed by atoms with E-state index in [0.29, 0.717) is 19.3 Å². The van der Waals surface area contributed by atoms with Crippen LogP contribution in [0.5, 0.6) is 0 Å². The van der Waals surface area contributed by atoms with Crippen LogP contribution in [0, 0.1) is 0 Å². The van der Waals surface area contributed by atoms with Crippen LogP contribution in [-0.2, 0) is 14.3 Å². The Kier molecular flexibility index (Phi) is 38.9. The molecule has 0 aromatic heterocycles. The molecular weight excluding hydrogens is 659 g/mol. The van der Waals surface area contributed by atoms with E-state index in [0.717, 1.165) is 57.8 Å². The third kappa shape index (κ3) is 36.3. The van der Waals surface area contributed by atoms with Crippen LogP contribution in [-0.4, -0.2) is 46.9 Å². The van der Waals surface area contributed by atoms with E-state index in [2.05, 4.69) is 38.2 Å². The van der Waals surface area contributed by atoms with E-state index in [1.165, 1.54) is 96.3 Å². The number of esters is 1. The fourth-order valence-electron chi connectivity index (χ4n) is 6.40. The molecule has 6 heteroatoms. The summed E-state index contributed by atoms with van der Waals surface area (Å²) < 4.78 is 5.85. The van der Waals surface area contributed by atoms with Gasteiger partial charge in [-0.2, -0.15) is 0 Å². The van der Waals surface area contributed by atoms with Crippen molar-refractivity contribution in [3.8, 4) is 0 Å². The maximum absolute atomic E-state index is 13.1. The number of unbranched alkanes of at least 4 members (excludes halogenated alkanes) is 20. The van der Waals surface area contributed by atoms with Gasteiger partial charge in [-0.15, -0.1) is 0 Å². The number of nitrogens with one attached hydrogen (secondary N) is 1. The monoisotopic (exact) mass is 742 g/mol. The van der Waals surface area contributed by atoms with Gasteiger partial charge in [-0.3, -0.25) is 9.59 Å². The Bertz CT molecular complexity index is 968.